The van der Waals surface area contributed by atoms with Gasteiger partial charge < -0.3 is 9.47 Å². The molecule has 1 aliphatic carbocycles. The molecule has 0 aliphatic heterocycles. The highest BCUT2D eigenvalue weighted by atomic mass is 16.1. The van der Waals surface area contributed by atoms with Crippen molar-refractivity contribution in [3.05, 3.63) is 52.6 Å². The SMILES string of the molecule is CN(c1ccccc1C#N)c1nccn(C2CC2)c1=O. The van der Waals surface area contributed by atoms with Crippen LogP contribution in [0.5, 0.6) is 0 Å². The highest BCUT2D eigenvalue weighted by Gasteiger charge is 2.26. The quantitative estimate of drug-likeness (QED) is 0.854. The van der Waals surface area contributed by atoms with Gasteiger partial charge in [0.25, 0.3) is 5.56 Å². The van der Waals surface area contributed by atoms with Crippen molar-refractivity contribution < 1.29 is 0 Å². The number of hydrogen-bond donors (Lipinski definition) is 0. The minimum atomic E-state index is -0.106. The number of nitrogens with zero attached hydrogens (tertiary/aromatic N) is 4. The predicted molar refractivity (Wildman–Crippen MR) is 76.0 cm³/mol. The molecule has 5 nitrogen and oxygen atoms in total. The molecule has 0 atom stereocenters. The Morgan fingerprint density at radius 1 is 1.40 bits per heavy atom. The summed E-state index contributed by atoms with van der Waals surface area (Å²) in [5.41, 5.74) is 1.11. The summed E-state index contributed by atoms with van der Waals surface area (Å²) in [6, 6.07) is 9.63. The molecule has 0 spiro atoms. The number of aromatic nitrogens is 2. The molecule has 3 rings (SSSR count). The Bertz CT molecular complexity index is 740. The first-order valence-electron chi connectivity index (χ1n) is 6.52. The maximum atomic E-state index is 12.4. The van der Waals surface area contributed by atoms with Gasteiger partial charge in [-0.15, -0.1) is 0 Å². The van der Waals surface area contributed by atoms with Crippen LogP contribution in [0.3, 0.4) is 0 Å². The monoisotopic (exact) mass is 266 g/mol. The zero-order valence-electron chi connectivity index (χ0n) is 11.2. The van der Waals surface area contributed by atoms with E-state index >= 15 is 0 Å². The molecular weight excluding hydrogens is 252 g/mol. The number of rotatable bonds is 3. The summed E-state index contributed by atoms with van der Waals surface area (Å²) in [7, 11) is 1.76. The zero-order valence-corrected chi connectivity index (χ0v) is 11.2. The summed E-state index contributed by atoms with van der Waals surface area (Å²) < 4.78 is 1.73. The summed E-state index contributed by atoms with van der Waals surface area (Å²) in [5.74, 6) is 0.349. The zero-order chi connectivity index (χ0) is 14.1. The third kappa shape index (κ3) is 2.05. The van der Waals surface area contributed by atoms with Crippen LogP contribution in [0.2, 0.25) is 0 Å². The molecule has 20 heavy (non-hydrogen) atoms. The Morgan fingerprint density at radius 2 is 2.15 bits per heavy atom. The first kappa shape index (κ1) is 12.4. The molecule has 1 aromatic carbocycles. The molecular formula is C15H14N4O. The van der Waals surface area contributed by atoms with Crippen molar-refractivity contribution in [1.29, 1.82) is 5.26 Å². The van der Waals surface area contributed by atoms with Gasteiger partial charge in [0.15, 0.2) is 5.82 Å². The molecule has 5 heteroatoms. The van der Waals surface area contributed by atoms with Gasteiger partial charge in [-0.25, -0.2) is 4.98 Å². The second-order valence-electron chi connectivity index (χ2n) is 4.88. The molecule has 1 aliphatic rings. The van der Waals surface area contributed by atoms with Crippen LogP contribution in [0.25, 0.3) is 0 Å². The molecule has 0 amide bonds. The fourth-order valence-electron chi connectivity index (χ4n) is 2.26. The van der Waals surface area contributed by atoms with E-state index in [0.29, 0.717) is 23.1 Å². The second kappa shape index (κ2) is 4.82. The first-order chi connectivity index (χ1) is 9.72. The van der Waals surface area contributed by atoms with Gasteiger partial charge >= 0.3 is 0 Å². The molecule has 1 fully saturated rings. The molecule has 0 bridgehead atoms. The highest BCUT2D eigenvalue weighted by molar-refractivity contribution is 5.66. The maximum Gasteiger partial charge on any atom is 0.294 e. The Labute approximate surface area is 116 Å². The predicted octanol–water partition coefficient (Wildman–Crippen LogP) is 2.22. The van der Waals surface area contributed by atoms with Gasteiger partial charge in [0, 0.05) is 25.5 Å². The van der Waals surface area contributed by atoms with Gasteiger partial charge in [0.1, 0.15) is 6.07 Å². The van der Waals surface area contributed by atoms with Crippen LogP contribution in [0.15, 0.2) is 41.5 Å². The largest absolute Gasteiger partial charge is 0.324 e. The fraction of sp³-hybridized carbons (Fsp3) is 0.267. The Balaban J connectivity index is 2.07. The maximum absolute atomic E-state index is 12.4. The standard InChI is InChI=1S/C15H14N4O/c1-18(13-5-3-2-4-11(13)10-16)14-15(20)19(9-8-17-14)12-6-7-12/h2-5,8-9,12H,6-7H2,1H3. The number of benzene rings is 1. The van der Waals surface area contributed by atoms with Crippen LogP contribution in [0, 0.1) is 11.3 Å². The van der Waals surface area contributed by atoms with Crippen molar-refractivity contribution in [2.75, 3.05) is 11.9 Å². The highest BCUT2D eigenvalue weighted by Crippen LogP contribution is 2.33. The molecule has 1 saturated carbocycles. The lowest BCUT2D eigenvalue weighted by Gasteiger charge is -2.19. The molecule has 0 radical (unpaired) electrons. The molecule has 2 aromatic rings. The van der Waals surface area contributed by atoms with Crippen molar-refractivity contribution in [2.24, 2.45) is 0 Å². The summed E-state index contributed by atoms with van der Waals surface area (Å²) in [6.45, 7) is 0. The Hall–Kier alpha value is -2.61. The third-order valence-electron chi connectivity index (χ3n) is 3.49. The minimum absolute atomic E-state index is 0.106. The lowest BCUT2D eigenvalue weighted by Crippen LogP contribution is -2.27. The van der Waals surface area contributed by atoms with Crippen LogP contribution in [-0.4, -0.2) is 16.6 Å². The lowest BCUT2D eigenvalue weighted by molar-refractivity contribution is 0.697. The van der Waals surface area contributed by atoms with Gasteiger partial charge in [-0.3, -0.25) is 4.79 Å². The lowest BCUT2D eigenvalue weighted by atomic mass is 10.2. The average Bonchev–Trinajstić information content (AvgIpc) is 3.31. The molecule has 100 valence electrons. The van der Waals surface area contributed by atoms with E-state index in [0.717, 1.165) is 12.8 Å². The minimum Gasteiger partial charge on any atom is -0.324 e. The van der Waals surface area contributed by atoms with Gasteiger partial charge in [-0.05, 0) is 25.0 Å². The molecule has 0 saturated heterocycles. The molecule has 0 N–H and O–H groups in total. The van der Waals surface area contributed by atoms with Gasteiger partial charge in [-0.2, -0.15) is 5.26 Å². The van der Waals surface area contributed by atoms with E-state index in [2.05, 4.69) is 11.1 Å². The van der Waals surface area contributed by atoms with Gasteiger partial charge in [0.2, 0.25) is 0 Å². The topological polar surface area (TPSA) is 61.9 Å². The van der Waals surface area contributed by atoms with Crippen LogP contribution in [-0.2, 0) is 0 Å². The fourth-order valence-corrected chi connectivity index (χ4v) is 2.26. The average molecular weight is 266 g/mol. The Kier molecular flexibility index (Phi) is 2.99. The third-order valence-corrected chi connectivity index (χ3v) is 3.49. The summed E-state index contributed by atoms with van der Waals surface area (Å²) >= 11 is 0. The van der Waals surface area contributed by atoms with E-state index in [4.69, 9.17) is 5.26 Å². The number of anilines is 2. The number of hydrogen-bond acceptors (Lipinski definition) is 4. The summed E-state index contributed by atoms with van der Waals surface area (Å²) in [6.07, 6.45) is 5.46. The van der Waals surface area contributed by atoms with E-state index in [1.165, 1.54) is 0 Å². The number of nitriles is 1. The molecule has 1 heterocycles. The van der Waals surface area contributed by atoms with Crippen molar-refractivity contribution in [2.45, 2.75) is 18.9 Å². The smallest absolute Gasteiger partial charge is 0.294 e. The van der Waals surface area contributed by atoms with E-state index in [1.54, 1.807) is 41.0 Å². The van der Waals surface area contributed by atoms with E-state index in [-0.39, 0.29) is 5.56 Å². The second-order valence-corrected chi connectivity index (χ2v) is 4.88. The molecule has 0 unspecified atom stereocenters. The van der Waals surface area contributed by atoms with Crippen LogP contribution < -0.4 is 10.5 Å². The summed E-state index contributed by atoms with van der Waals surface area (Å²) in [4.78, 5) is 18.3. The normalized spacial score (nSPS) is 13.8. The van der Waals surface area contributed by atoms with Crippen molar-refractivity contribution in [3.63, 3.8) is 0 Å². The van der Waals surface area contributed by atoms with Gasteiger partial charge in [-0.1, -0.05) is 12.1 Å². The van der Waals surface area contributed by atoms with Crippen LogP contribution in [0.1, 0.15) is 24.4 Å². The summed E-state index contributed by atoms with van der Waals surface area (Å²) in [5, 5.41) is 9.16. The molecule has 1 aromatic heterocycles. The van der Waals surface area contributed by atoms with Crippen LogP contribution >= 0.6 is 0 Å². The van der Waals surface area contributed by atoms with E-state index in [1.807, 2.05) is 12.1 Å². The number of para-hydroxylation sites is 1. The van der Waals surface area contributed by atoms with Crippen LogP contribution in [0.4, 0.5) is 11.5 Å². The van der Waals surface area contributed by atoms with E-state index in [9.17, 15) is 4.79 Å². The first-order valence-corrected chi connectivity index (χ1v) is 6.52. The Morgan fingerprint density at radius 3 is 2.85 bits per heavy atom. The van der Waals surface area contributed by atoms with Crippen molar-refractivity contribution in [3.8, 4) is 6.07 Å². The van der Waals surface area contributed by atoms with Gasteiger partial charge in [0.05, 0.1) is 11.3 Å². The van der Waals surface area contributed by atoms with Crippen molar-refractivity contribution in [1.82, 2.24) is 9.55 Å². The van der Waals surface area contributed by atoms with Crippen molar-refractivity contribution >= 4 is 11.5 Å². The van der Waals surface area contributed by atoms with E-state index < -0.39 is 0 Å².